The predicted octanol–water partition coefficient (Wildman–Crippen LogP) is 5.65. The number of hydrogen-bond donors (Lipinski definition) is 0. The first-order valence-electron chi connectivity index (χ1n) is 7.61. The summed E-state index contributed by atoms with van der Waals surface area (Å²) in [6.45, 7) is 12.8. The molecule has 1 aliphatic rings. The lowest BCUT2D eigenvalue weighted by atomic mass is 9.69. The summed E-state index contributed by atoms with van der Waals surface area (Å²) in [7, 11) is 0. The van der Waals surface area contributed by atoms with E-state index in [2.05, 4.69) is 44.1 Å². The summed E-state index contributed by atoms with van der Waals surface area (Å²) >= 11 is 0. The molecule has 20 heavy (non-hydrogen) atoms. The van der Waals surface area contributed by atoms with Crippen molar-refractivity contribution in [3.63, 3.8) is 0 Å². The lowest BCUT2D eigenvalue weighted by Gasteiger charge is -2.35. The predicted molar refractivity (Wildman–Crippen MR) is 88.3 cm³/mol. The van der Waals surface area contributed by atoms with Crippen LogP contribution in [-0.4, -0.2) is 4.98 Å². The van der Waals surface area contributed by atoms with Gasteiger partial charge in [-0.3, -0.25) is 4.98 Å². The van der Waals surface area contributed by atoms with E-state index < -0.39 is 0 Å². The lowest BCUT2D eigenvalue weighted by molar-refractivity contribution is 0.484. The van der Waals surface area contributed by atoms with Crippen LogP contribution >= 0.6 is 0 Å². The van der Waals surface area contributed by atoms with E-state index in [1.807, 2.05) is 18.5 Å². The lowest BCUT2D eigenvalue weighted by Crippen LogP contribution is -2.21. The minimum atomic E-state index is 0.155. The first-order chi connectivity index (χ1) is 9.69. The van der Waals surface area contributed by atoms with E-state index in [4.69, 9.17) is 0 Å². The molecule has 1 fully saturated rings. The molecule has 1 nitrogen and oxygen atoms in total. The summed E-state index contributed by atoms with van der Waals surface area (Å²) in [6, 6.07) is 2.09. The fourth-order valence-corrected chi connectivity index (χ4v) is 3.72. The van der Waals surface area contributed by atoms with Crippen molar-refractivity contribution in [3.8, 4) is 0 Å². The molecule has 0 amide bonds. The van der Waals surface area contributed by atoms with E-state index in [0.29, 0.717) is 0 Å². The molecule has 0 N–H and O–H groups in total. The molecule has 1 heteroatoms. The zero-order chi connectivity index (χ0) is 14.6. The highest BCUT2D eigenvalue weighted by Crippen LogP contribution is 2.53. The highest BCUT2D eigenvalue weighted by Gasteiger charge is 2.39. The van der Waals surface area contributed by atoms with Gasteiger partial charge in [0.2, 0.25) is 0 Å². The Morgan fingerprint density at radius 1 is 1.40 bits per heavy atom. The van der Waals surface area contributed by atoms with E-state index in [9.17, 15) is 0 Å². The van der Waals surface area contributed by atoms with Crippen LogP contribution in [-0.2, 0) is 0 Å². The first kappa shape index (κ1) is 14.8. The summed E-state index contributed by atoms with van der Waals surface area (Å²) in [5, 5.41) is 0. The molecular formula is C19H25N. The largest absolute Gasteiger partial charge is 0.264 e. The van der Waals surface area contributed by atoms with Crippen molar-refractivity contribution in [2.45, 2.75) is 46.0 Å². The molecule has 0 aromatic carbocycles. The Balaban J connectivity index is 2.50. The first-order valence-corrected chi connectivity index (χ1v) is 7.61. The fraction of sp³-hybridized carbons (Fsp3) is 0.421. The summed E-state index contributed by atoms with van der Waals surface area (Å²) < 4.78 is 0. The van der Waals surface area contributed by atoms with Crippen molar-refractivity contribution < 1.29 is 0 Å². The third kappa shape index (κ3) is 2.37. The van der Waals surface area contributed by atoms with Crippen molar-refractivity contribution in [2.75, 3.05) is 0 Å². The van der Waals surface area contributed by atoms with Gasteiger partial charge in [0, 0.05) is 17.8 Å². The van der Waals surface area contributed by atoms with Crippen molar-refractivity contribution in [1.82, 2.24) is 4.98 Å². The number of rotatable bonds is 5. The van der Waals surface area contributed by atoms with Gasteiger partial charge >= 0.3 is 0 Å². The van der Waals surface area contributed by atoms with E-state index >= 15 is 0 Å². The van der Waals surface area contributed by atoms with Crippen LogP contribution < -0.4 is 0 Å². The number of nitrogens with zero attached hydrogens (tertiary/aromatic N) is 1. The summed E-state index contributed by atoms with van der Waals surface area (Å²) in [6.07, 6.45) is 14.1. The molecule has 1 aromatic heterocycles. The van der Waals surface area contributed by atoms with Crippen LogP contribution in [0.25, 0.3) is 11.6 Å². The van der Waals surface area contributed by atoms with Crippen molar-refractivity contribution in [1.29, 1.82) is 0 Å². The third-order valence-electron chi connectivity index (χ3n) is 4.78. The molecule has 0 unspecified atom stereocenters. The zero-order valence-corrected chi connectivity index (χ0v) is 12.8. The van der Waals surface area contributed by atoms with Crippen molar-refractivity contribution in [2.24, 2.45) is 5.41 Å². The van der Waals surface area contributed by atoms with E-state index in [-0.39, 0.29) is 5.41 Å². The average molecular weight is 267 g/mol. The quantitative estimate of drug-likeness (QED) is 0.628. The second-order valence-corrected chi connectivity index (χ2v) is 5.60. The van der Waals surface area contributed by atoms with Gasteiger partial charge in [0.05, 0.1) is 0 Å². The Bertz CT molecular complexity index is 530. The van der Waals surface area contributed by atoms with Crippen LogP contribution in [0.4, 0.5) is 0 Å². The smallest absolute Gasteiger partial charge is 0.0346 e. The number of aromatic nitrogens is 1. The second kappa shape index (κ2) is 6.21. The highest BCUT2D eigenvalue weighted by atomic mass is 14.6. The van der Waals surface area contributed by atoms with Gasteiger partial charge < -0.3 is 0 Å². The fourth-order valence-electron chi connectivity index (χ4n) is 3.72. The molecular weight excluding hydrogens is 242 g/mol. The highest BCUT2D eigenvalue weighted by molar-refractivity contribution is 5.77. The van der Waals surface area contributed by atoms with E-state index in [1.165, 1.54) is 42.4 Å². The molecule has 0 spiro atoms. The topological polar surface area (TPSA) is 12.9 Å². The molecule has 1 aliphatic carbocycles. The second-order valence-electron chi connectivity index (χ2n) is 5.60. The monoisotopic (exact) mass is 267 g/mol. The van der Waals surface area contributed by atoms with Crippen LogP contribution in [0.3, 0.4) is 0 Å². The number of pyridine rings is 1. The minimum absolute atomic E-state index is 0.155. The normalized spacial score (nSPS) is 18.0. The van der Waals surface area contributed by atoms with E-state index in [1.54, 1.807) is 0 Å². The third-order valence-corrected chi connectivity index (χ3v) is 4.78. The number of allylic oxidation sites excluding steroid dienone is 3. The maximum absolute atomic E-state index is 4.49. The Morgan fingerprint density at radius 3 is 2.65 bits per heavy atom. The van der Waals surface area contributed by atoms with Gasteiger partial charge in [0.25, 0.3) is 0 Å². The SMILES string of the molecule is C=Cc1cnccc1C(=C)C1(/C(=C/C)CC)CCCC1. The molecule has 0 radical (unpaired) electrons. The number of hydrogen-bond acceptors (Lipinski definition) is 1. The van der Waals surface area contributed by atoms with Gasteiger partial charge in [-0.15, -0.1) is 0 Å². The van der Waals surface area contributed by atoms with Crippen LogP contribution in [0.1, 0.15) is 57.1 Å². The van der Waals surface area contributed by atoms with Crippen molar-refractivity contribution in [3.05, 3.63) is 54.4 Å². The van der Waals surface area contributed by atoms with Crippen LogP contribution in [0.5, 0.6) is 0 Å². The molecule has 0 bridgehead atoms. The summed E-state index contributed by atoms with van der Waals surface area (Å²) in [5.74, 6) is 0. The minimum Gasteiger partial charge on any atom is -0.264 e. The molecule has 0 saturated heterocycles. The molecule has 2 rings (SSSR count). The summed E-state index contributed by atoms with van der Waals surface area (Å²) in [5.41, 5.74) is 5.25. The Labute approximate surface area is 123 Å². The van der Waals surface area contributed by atoms with Crippen LogP contribution in [0, 0.1) is 5.41 Å². The van der Waals surface area contributed by atoms with Gasteiger partial charge in [-0.1, -0.05) is 50.6 Å². The standard InChI is InChI=1S/C19H25N/c1-5-16-14-20-13-10-18(16)15(4)19(11-8-9-12-19)17(6-2)7-3/h5-6,10,13-14H,1,4,7-9,11-12H2,2-3H3/b17-6+. The molecule has 0 aliphatic heterocycles. The maximum Gasteiger partial charge on any atom is 0.0346 e. The van der Waals surface area contributed by atoms with Crippen LogP contribution in [0.2, 0.25) is 0 Å². The van der Waals surface area contributed by atoms with Gasteiger partial charge in [0.1, 0.15) is 0 Å². The van der Waals surface area contributed by atoms with Gasteiger partial charge in [-0.25, -0.2) is 0 Å². The van der Waals surface area contributed by atoms with Gasteiger partial charge in [-0.2, -0.15) is 0 Å². The Hall–Kier alpha value is -1.63. The van der Waals surface area contributed by atoms with Gasteiger partial charge in [0.15, 0.2) is 0 Å². The Kier molecular flexibility index (Phi) is 4.59. The average Bonchev–Trinajstić information content (AvgIpc) is 2.98. The molecule has 1 heterocycles. The van der Waals surface area contributed by atoms with E-state index in [0.717, 1.165) is 12.0 Å². The van der Waals surface area contributed by atoms with Gasteiger partial charge in [-0.05, 0) is 49.0 Å². The molecule has 0 atom stereocenters. The van der Waals surface area contributed by atoms with Crippen molar-refractivity contribution >= 4 is 11.6 Å². The van der Waals surface area contributed by atoms with Crippen LogP contribution in [0.15, 0.2) is 43.3 Å². The maximum atomic E-state index is 4.49. The molecule has 1 saturated carbocycles. The summed E-state index contributed by atoms with van der Waals surface area (Å²) in [4.78, 5) is 4.21. The zero-order valence-electron chi connectivity index (χ0n) is 12.8. The molecule has 1 aromatic rings. The molecule has 106 valence electrons. The Morgan fingerprint density at radius 2 is 2.10 bits per heavy atom.